The molecule has 1 aliphatic carbocycles. The highest BCUT2D eigenvalue weighted by Crippen LogP contribution is 2.64. The van der Waals surface area contributed by atoms with Crippen LogP contribution in [0.15, 0.2) is 225 Å². The van der Waals surface area contributed by atoms with Crippen LogP contribution < -0.4 is 4.74 Å². The minimum Gasteiger partial charge on any atom is -0.457 e. The number of pyridine rings is 1. The molecule has 0 saturated carbocycles. The molecule has 3 heterocycles. The van der Waals surface area contributed by atoms with Gasteiger partial charge in [-0.05, 0) is 80.4 Å². The molecule has 0 N–H and O–H groups in total. The predicted octanol–water partition coefficient (Wildman–Crippen LogP) is 14.3. The lowest BCUT2D eigenvalue weighted by atomic mass is 9.66. The van der Waals surface area contributed by atoms with Crippen molar-refractivity contribution in [1.29, 1.82) is 0 Å². The van der Waals surface area contributed by atoms with Crippen LogP contribution in [-0.2, 0) is 5.41 Å². The van der Waals surface area contributed by atoms with Crippen LogP contribution in [0.2, 0.25) is 0 Å². The number of fused-ring (bicyclic) bond motifs is 9. The number of hydrogen-bond donors (Lipinski definition) is 0. The fourth-order valence-corrected chi connectivity index (χ4v) is 9.76. The third-order valence-corrected chi connectivity index (χ3v) is 12.5. The first-order chi connectivity index (χ1) is 30.7. The van der Waals surface area contributed by atoms with Crippen LogP contribution in [0, 0.1) is 0 Å². The van der Waals surface area contributed by atoms with Gasteiger partial charge in [0.05, 0.1) is 16.8 Å². The molecule has 8 aromatic carbocycles. The lowest BCUT2D eigenvalue weighted by molar-refractivity contribution is 0.436. The van der Waals surface area contributed by atoms with Crippen LogP contribution in [0.3, 0.4) is 0 Å². The fourth-order valence-electron chi connectivity index (χ4n) is 9.76. The molecule has 62 heavy (non-hydrogen) atoms. The van der Waals surface area contributed by atoms with E-state index in [-0.39, 0.29) is 0 Å². The number of para-hydroxylation sites is 2. The van der Waals surface area contributed by atoms with Gasteiger partial charge in [-0.15, -0.1) is 0 Å². The molecule has 10 aromatic rings. The third kappa shape index (κ3) is 5.65. The second-order valence-corrected chi connectivity index (χ2v) is 15.9. The lowest BCUT2D eigenvalue weighted by Gasteiger charge is -2.39. The van der Waals surface area contributed by atoms with Gasteiger partial charge in [-0.1, -0.05) is 182 Å². The van der Waals surface area contributed by atoms with Crippen molar-refractivity contribution >= 4 is 0 Å². The molecule has 0 amide bonds. The Labute approximate surface area is 360 Å². The first-order valence-electron chi connectivity index (χ1n) is 21.0. The molecule has 0 unspecified atom stereocenters. The molecule has 2 aromatic heterocycles. The van der Waals surface area contributed by atoms with Crippen LogP contribution >= 0.6 is 0 Å². The normalized spacial score (nSPS) is 12.8. The van der Waals surface area contributed by atoms with Crippen molar-refractivity contribution in [2.24, 2.45) is 0 Å². The minimum absolute atomic E-state index is 0.619. The summed E-state index contributed by atoms with van der Waals surface area (Å²) in [4.78, 5) is 14.6. The van der Waals surface area contributed by atoms with Gasteiger partial charge in [-0.3, -0.25) is 4.98 Å². The Morgan fingerprint density at radius 1 is 0.339 bits per heavy atom. The molecule has 0 saturated heterocycles. The number of ether oxygens (including phenoxy) is 1. The van der Waals surface area contributed by atoms with Crippen LogP contribution in [0.1, 0.15) is 22.3 Å². The van der Waals surface area contributed by atoms with Crippen molar-refractivity contribution in [2.75, 3.05) is 0 Å². The van der Waals surface area contributed by atoms with Gasteiger partial charge in [0.15, 0.2) is 5.82 Å². The molecule has 0 bridgehead atoms. The van der Waals surface area contributed by atoms with Crippen molar-refractivity contribution in [3.05, 3.63) is 247 Å². The van der Waals surface area contributed by atoms with Gasteiger partial charge in [-0.2, -0.15) is 0 Å². The zero-order valence-corrected chi connectivity index (χ0v) is 33.6. The second kappa shape index (κ2) is 14.5. The van der Waals surface area contributed by atoms with Crippen molar-refractivity contribution in [3.63, 3.8) is 0 Å². The SMILES string of the molecule is c1ccc(-c2cc(-c3ccc(-c4cccc5c4-c4c(-c6cccc(-c7cccnc7)c6)cccc4C54c5ccccc5Oc5ccccc54)cc3)nc(-c3ccccc3)n2)cc1. The first-order valence-corrected chi connectivity index (χ1v) is 21.0. The highest BCUT2D eigenvalue weighted by atomic mass is 16.5. The van der Waals surface area contributed by atoms with Crippen LogP contribution in [0.4, 0.5) is 0 Å². The summed E-state index contributed by atoms with van der Waals surface area (Å²) in [6.45, 7) is 0. The Hall–Kier alpha value is -8.21. The Balaban J connectivity index is 1.08. The summed E-state index contributed by atoms with van der Waals surface area (Å²) < 4.78 is 6.70. The zero-order valence-electron chi connectivity index (χ0n) is 33.6. The van der Waals surface area contributed by atoms with Gasteiger partial charge in [0.2, 0.25) is 0 Å². The standard InChI is InChI=1S/C58H37N3O/c1-3-15-39(16-4-1)51-36-52(61-57(60-51)41-17-5-2-6-18-41)40-32-30-38(31-33-40)45-22-12-26-49-55(45)56-46(43-20-11-19-42(35-43)44-21-14-34-59-37-44)23-13-27-50(56)58(49)47-24-7-9-28-53(47)62-54-29-10-8-25-48(54)58/h1-37H. The fraction of sp³-hybridized carbons (Fsp3) is 0.0172. The number of benzene rings is 8. The second-order valence-electron chi connectivity index (χ2n) is 15.9. The molecule has 0 fully saturated rings. The van der Waals surface area contributed by atoms with Gasteiger partial charge < -0.3 is 4.74 Å². The van der Waals surface area contributed by atoms with E-state index in [1.54, 1.807) is 0 Å². The molecule has 1 aliphatic heterocycles. The van der Waals surface area contributed by atoms with Gasteiger partial charge in [-0.25, -0.2) is 9.97 Å². The number of nitrogens with zero attached hydrogens (tertiary/aromatic N) is 3. The highest BCUT2D eigenvalue weighted by molar-refractivity contribution is 6.02. The van der Waals surface area contributed by atoms with E-state index in [1.807, 2.05) is 42.7 Å². The Kier molecular flexibility index (Phi) is 8.36. The number of hydrogen-bond acceptors (Lipinski definition) is 4. The summed E-state index contributed by atoms with van der Waals surface area (Å²) in [7, 11) is 0. The smallest absolute Gasteiger partial charge is 0.160 e. The van der Waals surface area contributed by atoms with E-state index in [0.29, 0.717) is 5.82 Å². The molecule has 0 atom stereocenters. The van der Waals surface area contributed by atoms with Gasteiger partial charge >= 0.3 is 0 Å². The molecule has 12 rings (SSSR count). The largest absolute Gasteiger partial charge is 0.457 e. The van der Waals surface area contributed by atoms with Crippen molar-refractivity contribution in [1.82, 2.24) is 15.0 Å². The van der Waals surface area contributed by atoms with E-state index in [9.17, 15) is 0 Å². The van der Waals surface area contributed by atoms with E-state index in [4.69, 9.17) is 14.7 Å². The molecular weight excluding hydrogens is 755 g/mol. The average molecular weight is 792 g/mol. The number of rotatable bonds is 6. The minimum atomic E-state index is -0.619. The molecule has 4 heteroatoms. The molecule has 2 aliphatic rings. The van der Waals surface area contributed by atoms with Crippen LogP contribution in [0.5, 0.6) is 11.5 Å². The van der Waals surface area contributed by atoms with Crippen molar-refractivity contribution in [3.8, 4) is 89.9 Å². The van der Waals surface area contributed by atoms with E-state index in [1.165, 1.54) is 33.4 Å². The molecular formula is C58H37N3O. The average Bonchev–Trinajstić information content (AvgIpc) is 3.66. The summed E-state index contributed by atoms with van der Waals surface area (Å²) in [6, 6.07) is 75.3. The maximum Gasteiger partial charge on any atom is 0.160 e. The zero-order chi connectivity index (χ0) is 41.0. The van der Waals surface area contributed by atoms with E-state index in [0.717, 1.165) is 73.0 Å². The quantitative estimate of drug-likeness (QED) is 0.168. The Morgan fingerprint density at radius 3 is 1.45 bits per heavy atom. The van der Waals surface area contributed by atoms with E-state index >= 15 is 0 Å². The van der Waals surface area contributed by atoms with E-state index < -0.39 is 5.41 Å². The lowest BCUT2D eigenvalue weighted by Crippen LogP contribution is -2.32. The summed E-state index contributed by atoms with van der Waals surface area (Å²) in [6.07, 6.45) is 3.76. The first kappa shape index (κ1) is 35.7. The topological polar surface area (TPSA) is 47.9 Å². The van der Waals surface area contributed by atoms with Crippen molar-refractivity contribution < 1.29 is 4.74 Å². The monoisotopic (exact) mass is 791 g/mol. The molecule has 1 spiro atoms. The summed E-state index contributed by atoms with van der Waals surface area (Å²) in [5.41, 5.74) is 18.2. The Bertz CT molecular complexity index is 3210. The summed E-state index contributed by atoms with van der Waals surface area (Å²) in [5.74, 6) is 2.45. The summed E-state index contributed by atoms with van der Waals surface area (Å²) >= 11 is 0. The highest BCUT2D eigenvalue weighted by Gasteiger charge is 2.52. The van der Waals surface area contributed by atoms with Crippen LogP contribution in [0.25, 0.3) is 78.4 Å². The van der Waals surface area contributed by atoms with Gasteiger partial charge in [0.25, 0.3) is 0 Å². The third-order valence-electron chi connectivity index (χ3n) is 12.5. The molecule has 4 nitrogen and oxygen atoms in total. The van der Waals surface area contributed by atoms with Gasteiger partial charge in [0, 0.05) is 45.8 Å². The predicted molar refractivity (Wildman–Crippen MR) is 250 cm³/mol. The van der Waals surface area contributed by atoms with Crippen LogP contribution in [-0.4, -0.2) is 15.0 Å². The van der Waals surface area contributed by atoms with Gasteiger partial charge in [0.1, 0.15) is 11.5 Å². The molecule has 290 valence electrons. The van der Waals surface area contributed by atoms with E-state index in [2.05, 4.69) is 187 Å². The maximum absolute atomic E-state index is 6.70. The maximum atomic E-state index is 6.70. The Morgan fingerprint density at radius 2 is 0.823 bits per heavy atom. The summed E-state index contributed by atoms with van der Waals surface area (Å²) in [5, 5.41) is 0. The van der Waals surface area contributed by atoms with Crippen molar-refractivity contribution in [2.45, 2.75) is 5.41 Å². The number of aromatic nitrogens is 3. The molecule has 0 radical (unpaired) electrons.